The van der Waals surface area contributed by atoms with Gasteiger partial charge in [0.2, 0.25) is 0 Å². The van der Waals surface area contributed by atoms with Crippen LogP contribution in [0.25, 0.3) is 6.08 Å². The number of carbonyl (C=O) groups excluding carboxylic acids is 1. The van der Waals surface area contributed by atoms with Gasteiger partial charge in [-0.2, -0.15) is 0 Å². The molecule has 0 N–H and O–H groups in total. The fourth-order valence-electron chi connectivity index (χ4n) is 2.43. The number of nitrogens with zero attached hydrogens (tertiary/aromatic N) is 3. The van der Waals surface area contributed by atoms with E-state index in [1.807, 2.05) is 0 Å². The maximum Gasteiger partial charge on any atom is 0.368 e. The molecule has 2 aromatic carbocycles. The van der Waals surface area contributed by atoms with Crippen molar-refractivity contribution in [1.82, 2.24) is 0 Å². The Balaban J connectivity index is 2.00. The summed E-state index contributed by atoms with van der Waals surface area (Å²) >= 11 is 0. The third kappa shape index (κ3) is 3.18. The molecule has 0 saturated carbocycles. The van der Waals surface area contributed by atoms with Crippen LogP contribution in [0, 0.1) is 27.2 Å². The average Bonchev–Trinajstić information content (AvgIpc) is 2.96. The molecule has 0 atom stereocenters. The lowest BCUT2D eigenvalue weighted by Gasteiger charge is -2.03. The maximum absolute atomic E-state index is 12.0. The van der Waals surface area contributed by atoms with Gasteiger partial charge in [-0.05, 0) is 30.7 Å². The van der Waals surface area contributed by atoms with Gasteiger partial charge in [0.15, 0.2) is 0 Å². The highest BCUT2D eigenvalue weighted by atomic mass is 16.7. The molecule has 3 rings (SSSR count). The van der Waals surface area contributed by atoms with Crippen molar-refractivity contribution < 1.29 is 19.5 Å². The van der Waals surface area contributed by atoms with E-state index in [4.69, 9.17) is 4.84 Å². The van der Waals surface area contributed by atoms with Crippen LogP contribution in [0.3, 0.4) is 0 Å². The van der Waals surface area contributed by atoms with Crippen LogP contribution < -0.4 is 0 Å². The van der Waals surface area contributed by atoms with Gasteiger partial charge in [0.1, 0.15) is 5.71 Å². The molecule has 26 heavy (non-hydrogen) atoms. The lowest BCUT2D eigenvalue weighted by molar-refractivity contribution is -0.385. The number of nitro benzene ring substituents is 2. The molecule has 1 heterocycles. The molecule has 9 nitrogen and oxygen atoms in total. The normalized spacial score (nSPS) is 14.9. The Morgan fingerprint density at radius 2 is 1.73 bits per heavy atom. The molecule has 0 saturated heterocycles. The van der Waals surface area contributed by atoms with Crippen LogP contribution >= 0.6 is 0 Å². The summed E-state index contributed by atoms with van der Waals surface area (Å²) < 4.78 is 0. The summed E-state index contributed by atoms with van der Waals surface area (Å²) in [6.07, 6.45) is 1.46. The third-order valence-electron chi connectivity index (χ3n) is 3.79. The van der Waals surface area contributed by atoms with Crippen molar-refractivity contribution in [3.63, 3.8) is 0 Å². The highest BCUT2D eigenvalue weighted by Gasteiger charge is 2.28. The molecule has 0 amide bonds. The van der Waals surface area contributed by atoms with E-state index in [1.54, 1.807) is 19.1 Å². The number of non-ortho nitro benzene ring substituents is 1. The zero-order valence-electron chi connectivity index (χ0n) is 13.4. The summed E-state index contributed by atoms with van der Waals surface area (Å²) in [5.41, 5.74) is 1.46. The second-order valence-corrected chi connectivity index (χ2v) is 5.48. The predicted octanol–water partition coefficient (Wildman–Crippen LogP) is 3.16. The molecule has 130 valence electrons. The summed E-state index contributed by atoms with van der Waals surface area (Å²) in [5.74, 6) is -0.707. The van der Waals surface area contributed by atoms with E-state index in [0.717, 1.165) is 0 Å². The Hall–Kier alpha value is -3.88. The number of rotatable bonds is 4. The van der Waals surface area contributed by atoms with Crippen LogP contribution in [0.4, 0.5) is 11.4 Å². The number of oxime groups is 1. The first-order valence-corrected chi connectivity index (χ1v) is 7.38. The van der Waals surface area contributed by atoms with Crippen molar-refractivity contribution in [2.45, 2.75) is 6.92 Å². The first-order valence-electron chi connectivity index (χ1n) is 7.38. The van der Waals surface area contributed by atoms with E-state index >= 15 is 0 Å². The van der Waals surface area contributed by atoms with Gasteiger partial charge in [-0.1, -0.05) is 17.3 Å². The number of carbonyl (C=O) groups is 1. The Kier molecular flexibility index (Phi) is 4.27. The molecule has 0 radical (unpaired) electrons. The van der Waals surface area contributed by atoms with Gasteiger partial charge in [-0.3, -0.25) is 20.2 Å². The number of nitro groups is 2. The van der Waals surface area contributed by atoms with Crippen LogP contribution in [0.5, 0.6) is 0 Å². The van der Waals surface area contributed by atoms with Crippen LogP contribution in [0.1, 0.15) is 16.7 Å². The van der Waals surface area contributed by atoms with E-state index in [-0.39, 0.29) is 22.7 Å². The van der Waals surface area contributed by atoms with Gasteiger partial charge < -0.3 is 4.84 Å². The molecule has 0 unspecified atom stereocenters. The third-order valence-corrected chi connectivity index (χ3v) is 3.79. The molecule has 0 spiro atoms. The fourth-order valence-corrected chi connectivity index (χ4v) is 2.43. The minimum Gasteiger partial charge on any atom is -0.312 e. The van der Waals surface area contributed by atoms with Gasteiger partial charge in [0, 0.05) is 29.3 Å². The van der Waals surface area contributed by atoms with Gasteiger partial charge in [-0.25, -0.2) is 4.79 Å². The van der Waals surface area contributed by atoms with Crippen molar-refractivity contribution >= 4 is 29.1 Å². The highest BCUT2D eigenvalue weighted by molar-refractivity contribution is 6.31. The SMILES string of the molecule is Cc1ccc(C2=NOC(=O)C2=Cc2ccc([N+](=O)[O-])cc2)cc1[N+](=O)[O-]. The first kappa shape index (κ1) is 17.0. The molecule has 0 bridgehead atoms. The van der Waals surface area contributed by atoms with Gasteiger partial charge >= 0.3 is 5.97 Å². The van der Waals surface area contributed by atoms with Crippen molar-refractivity contribution in [3.05, 3.63) is 85.0 Å². The van der Waals surface area contributed by atoms with Gasteiger partial charge in [-0.15, -0.1) is 0 Å². The van der Waals surface area contributed by atoms with E-state index in [9.17, 15) is 25.0 Å². The fraction of sp³-hybridized carbons (Fsp3) is 0.0588. The van der Waals surface area contributed by atoms with E-state index in [1.165, 1.54) is 36.4 Å². The van der Waals surface area contributed by atoms with Crippen LogP contribution in [0.15, 0.2) is 53.2 Å². The predicted molar refractivity (Wildman–Crippen MR) is 91.5 cm³/mol. The molecule has 2 aromatic rings. The largest absolute Gasteiger partial charge is 0.368 e. The Labute approximate surface area is 146 Å². The zero-order valence-corrected chi connectivity index (χ0v) is 13.4. The number of hydrogen-bond acceptors (Lipinski definition) is 7. The monoisotopic (exact) mass is 353 g/mol. The van der Waals surface area contributed by atoms with Gasteiger partial charge in [0.25, 0.3) is 11.4 Å². The first-order chi connectivity index (χ1) is 12.4. The second kappa shape index (κ2) is 6.55. The lowest BCUT2D eigenvalue weighted by Crippen LogP contribution is -2.07. The Morgan fingerprint density at radius 1 is 1.04 bits per heavy atom. The summed E-state index contributed by atoms with van der Waals surface area (Å²) in [7, 11) is 0. The zero-order chi connectivity index (χ0) is 18.8. The van der Waals surface area contributed by atoms with E-state index in [0.29, 0.717) is 16.7 Å². The van der Waals surface area contributed by atoms with E-state index in [2.05, 4.69) is 5.16 Å². The minimum absolute atomic E-state index is 0.0794. The Bertz CT molecular complexity index is 992. The lowest BCUT2D eigenvalue weighted by atomic mass is 9.99. The molecule has 1 aliphatic rings. The second-order valence-electron chi connectivity index (χ2n) is 5.48. The van der Waals surface area contributed by atoms with Crippen LogP contribution in [-0.2, 0) is 9.63 Å². The van der Waals surface area contributed by atoms with Gasteiger partial charge in [0.05, 0.1) is 15.4 Å². The molecular weight excluding hydrogens is 342 g/mol. The molecule has 9 heteroatoms. The Morgan fingerprint density at radius 3 is 2.35 bits per heavy atom. The van der Waals surface area contributed by atoms with E-state index < -0.39 is 15.8 Å². The summed E-state index contributed by atoms with van der Waals surface area (Å²) in [6.45, 7) is 1.60. The molecule has 0 aromatic heterocycles. The van der Waals surface area contributed by atoms with Crippen molar-refractivity contribution in [1.29, 1.82) is 0 Å². The maximum atomic E-state index is 12.0. The van der Waals surface area contributed by atoms with Crippen LogP contribution in [-0.4, -0.2) is 21.5 Å². The quantitative estimate of drug-likeness (QED) is 0.360. The topological polar surface area (TPSA) is 125 Å². The highest BCUT2D eigenvalue weighted by Crippen LogP contribution is 2.26. The standard InChI is InChI=1S/C17H11N3O6/c1-10-2-5-12(9-15(10)20(24)25)16-14(17(21)26-18-16)8-11-3-6-13(7-4-11)19(22)23/h2-9H,1H3. The van der Waals surface area contributed by atoms with Crippen molar-refractivity contribution in [2.75, 3.05) is 0 Å². The molecular formula is C17H11N3O6. The van der Waals surface area contributed by atoms with Crippen molar-refractivity contribution in [2.24, 2.45) is 5.16 Å². The summed E-state index contributed by atoms with van der Waals surface area (Å²) in [4.78, 5) is 37.4. The summed E-state index contributed by atoms with van der Waals surface area (Å²) in [6, 6.07) is 10.0. The minimum atomic E-state index is -0.707. The summed E-state index contributed by atoms with van der Waals surface area (Å²) in [5, 5.41) is 25.5. The molecule has 1 aliphatic heterocycles. The number of aryl methyl sites for hydroxylation is 1. The van der Waals surface area contributed by atoms with Crippen LogP contribution in [0.2, 0.25) is 0 Å². The number of hydrogen-bond donors (Lipinski definition) is 0. The van der Waals surface area contributed by atoms with Crippen molar-refractivity contribution in [3.8, 4) is 0 Å². The molecule has 0 fully saturated rings. The number of benzene rings is 2. The smallest absolute Gasteiger partial charge is 0.312 e. The average molecular weight is 353 g/mol. The molecule has 0 aliphatic carbocycles.